The van der Waals surface area contributed by atoms with Crippen LogP contribution in [0.25, 0.3) is 0 Å². The summed E-state index contributed by atoms with van der Waals surface area (Å²) in [4.78, 5) is 2.27. The quantitative estimate of drug-likeness (QED) is 0.848. The molecule has 0 unspecified atom stereocenters. The molecule has 20 heavy (non-hydrogen) atoms. The first-order valence-electron chi connectivity index (χ1n) is 6.74. The average Bonchev–Trinajstić information content (AvgIpc) is 2.37. The Morgan fingerprint density at radius 3 is 2.50 bits per heavy atom. The van der Waals surface area contributed by atoms with Gasteiger partial charge in [-0.2, -0.15) is 0 Å². The second-order valence-corrected chi connectivity index (χ2v) is 5.28. The number of hydrogen-bond donors (Lipinski definition) is 1. The smallest absolute Gasteiger partial charge is 0.121 e. The molecule has 2 aromatic rings. The van der Waals surface area contributed by atoms with Crippen molar-refractivity contribution < 1.29 is 4.74 Å². The van der Waals surface area contributed by atoms with E-state index in [1.807, 2.05) is 18.2 Å². The summed E-state index contributed by atoms with van der Waals surface area (Å²) < 4.78 is 5.25. The van der Waals surface area contributed by atoms with Gasteiger partial charge >= 0.3 is 0 Å². The van der Waals surface area contributed by atoms with Crippen molar-refractivity contribution in [2.45, 2.75) is 20.0 Å². The van der Waals surface area contributed by atoms with Crippen LogP contribution in [0.5, 0.6) is 5.75 Å². The minimum Gasteiger partial charge on any atom is -0.497 e. The summed E-state index contributed by atoms with van der Waals surface area (Å²) in [7, 11) is 3.77. The highest BCUT2D eigenvalue weighted by Gasteiger charge is 2.05. The molecule has 2 rings (SSSR count). The number of rotatable bonds is 5. The molecule has 2 aromatic carbocycles. The fourth-order valence-corrected chi connectivity index (χ4v) is 2.38. The van der Waals surface area contributed by atoms with E-state index in [0.29, 0.717) is 0 Å². The van der Waals surface area contributed by atoms with Crippen LogP contribution in [0.2, 0.25) is 0 Å². The number of ether oxygens (including phenoxy) is 1. The molecule has 0 aromatic heterocycles. The van der Waals surface area contributed by atoms with E-state index in [4.69, 9.17) is 10.5 Å². The van der Waals surface area contributed by atoms with Crippen molar-refractivity contribution >= 4 is 5.69 Å². The Balaban J connectivity index is 2.04. The van der Waals surface area contributed by atoms with E-state index >= 15 is 0 Å². The van der Waals surface area contributed by atoms with Crippen LogP contribution < -0.4 is 10.5 Å². The highest BCUT2D eigenvalue weighted by Crippen LogP contribution is 2.20. The van der Waals surface area contributed by atoms with E-state index in [9.17, 15) is 0 Å². The summed E-state index contributed by atoms with van der Waals surface area (Å²) >= 11 is 0. The summed E-state index contributed by atoms with van der Waals surface area (Å²) in [5.74, 6) is 0.809. The maximum Gasteiger partial charge on any atom is 0.121 e. The van der Waals surface area contributed by atoms with Gasteiger partial charge in [-0.15, -0.1) is 0 Å². The van der Waals surface area contributed by atoms with Gasteiger partial charge in [0.1, 0.15) is 5.75 Å². The van der Waals surface area contributed by atoms with E-state index < -0.39 is 0 Å². The van der Waals surface area contributed by atoms with Crippen molar-refractivity contribution in [3.8, 4) is 5.75 Å². The van der Waals surface area contributed by atoms with Crippen molar-refractivity contribution in [1.82, 2.24) is 4.90 Å². The SMILES string of the molecule is COc1cc(N)cc(CN(C)Cc2cccc(C)c2)c1. The summed E-state index contributed by atoms with van der Waals surface area (Å²) in [6, 6.07) is 14.5. The molecular weight excluding hydrogens is 248 g/mol. The van der Waals surface area contributed by atoms with Crippen LogP contribution in [-0.4, -0.2) is 19.1 Å². The van der Waals surface area contributed by atoms with Gasteiger partial charge in [0.25, 0.3) is 0 Å². The number of nitrogen functional groups attached to an aromatic ring is 1. The molecule has 0 amide bonds. The van der Waals surface area contributed by atoms with Crippen LogP contribution in [0, 0.1) is 6.92 Å². The van der Waals surface area contributed by atoms with Gasteiger partial charge in [-0.05, 0) is 37.2 Å². The number of aryl methyl sites for hydroxylation is 1. The van der Waals surface area contributed by atoms with E-state index in [-0.39, 0.29) is 0 Å². The minimum absolute atomic E-state index is 0.739. The van der Waals surface area contributed by atoms with Crippen molar-refractivity contribution in [3.63, 3.8) is 0 Å². The Morgan fingerprint density at radius 2 is 1.80 bits per heavy atom. The van der Waals surface area contributed by atoms with Crippen LogP contribution >= 0.6 is 0 Å². The Labute approximate surface area is 121 Å². The maximum absolute atomic E-state index is 5.88. The molecule has 0 spiro atoms. The Bertz CT molecular complexity index is 581. The first-order chi connectivity index (χ1) is 9.56. The number of anilines is 1. The lowest BCUT2D eigenvalue weighted by atomic mass is 10.1. The van der Waals surface area contributed by atoms with Crippen LogP contribution in [-0.2, 0) is 13.1 Å². The van der Waals surface area contributed by atoms with E-state index in [1.54, 1.807) is 7.11 Å². The standard InChI is InChI=1S/C17H22N2O/c1-13-5-4-6-14(7-13)11-19(2)12-15-8-16(18)10-17(9-15)20-3/h4-10H,11-12,18H2,1-3H3. The molecule has 0 atom stereocenters. The molecule has 0 aliphatic rings. The van der Waals surface area contributed by atoms with Gasteiger partial charge in [-0.3, -0.25) is 4.90 Å². The molecule has 0 saturated heterocycles. The lowest BCUT2D eigenvalue weighted by Crippen LogP contribution is -2.17. The lowest BCUT2D eigenvalue weighted by Gasteiger charge is -2.18. The zero-order valence-corrected chi connectivity index (χ0v) is 12.4. The topological polar surface area (TPSA) is 38.5 Å². The zero-order valence-electron chi connectivity index (χ0n) is 12.4. The summed E-state index contributed by atoms with van der Waals surface area (Å²) in [6.45, 7) is 3.88. The molecule has 3 heteroatoms. The highest BCUT2D eigenvalue weighted by molar-refractivity contribution is 5.47. The maximum atomic E-state index is 5.88. The van der Waals surface area contributed by atoms with Gasteiger partial charge in [0.05, 0.1) is 7.11 Å². The predicted octanol–water partition coefficient (Wildman–Crippen LogP) is 3.22. The summed E-state index contributed by atoms with van der Waals surface area (Å²) in [5.41, 5.74) is 10.4. The minimum atomic E-state index is 0.739. The number of benzene rings is 2. The van der Waals surface area contributed by atoms with Crippen LogP contribution in [0.15, 0.2) is 42.5 Å². The van der Waals surface area contributed by atoms with Gasteiger partial charge in [-0.25, -0.2) is 0 Å². The highest BCUT2D eigenvalue weighted by atomic mass is 16.5. The predicted molar refractivity (Wildman–Crippen MR) is 83.8 cm³/mol. The second-order valence-electron chi connectivity index (χ2n) is 5.28. The fraction of sp³-hybridized carbons (Fsp3) is 0.294. The first kappa shape index (κ1) is 14.4. The van der Waals surface area contributed by atoms with E-state index in [0.717, 1.165) is 30.1 Å². The monoisotopic (exact) mass is 270 g/mol. The molecule has 2 N–H and O–H groups in total. The normalized spacial score (nSPS) is 10.8. The van der Waals surface area contributed by atoms with E-state index in [2.05, 4.69) is 43.1 Å². The third-order valence-electron chi connectivity index (χ3n) is 3.21. The Hall–Kier alpha value is -2.00. The van der Waals surface area contributed by atoms with Crippen molar-refractivity contribution in [2.75, 3.05) is 19.9 Å². The van der Waals surface area contributed by atoms with Gasteiger partial charge in [0.15, 0.2) is 0 Å². The summed E-state index contributed by atoms with van der Waals surface area (Å²) in [5, 5.41) is 0. The molecule has 0 bridgehead atoms. The van der Waals surface area contributed by atoms with Crippen molar-refractivity contribution in [3.05, 3.63) is 59.2 Å². The van der Waals surface area contributed by atoms with Crippen molar-refractivity contribution in [1.29, 1.82) is 0 Å². The number of hydrogen-bond acceptors (Lipinski definition) is 3. The van der Waals surface area contributed by atoms with E-state index in [1.165, 1.54) is 11.1 Å². The van der Waals surface area contributed by atoms with Crippen LogP contribution in [0.4, 0.5) is 5.69 Å². The molecule has 0 heterocycles. The third kappa shape index (κ3) is 4.00. The zero-order chi connectivity index (χ0) is 14.5. The molecule has 3 nitrogen and oxygen atoms in total. The van der Waals surface area contributed by atoms with Crippen LogP contribution in [0.1, 0.15) is 16.7 Å². The lowest BCUT2D eigenvalue weighted by molar-refractivity contribution is 0.318. The first-order valence-corrected chi connectivity index (χ1v) is 6.74. The molecule has 0 radical (unpaired) electrons. The average molecular weight is 270 g/mol. The number of nitrogens with two attached hydrogens (primary N) is 1. The van der Waals surface area contributed by atoms with Gasteiger partial charge in [0, 0.05) is 24.8 Å². The molecule has 0 saturated carbocycles. The Morgan fingerprint density at radius 1 is 1.05 bits per heavy atom. The number of nitrogens with zero attached hydrogens (tertiary/aromatic N) is 1. The summed E-state index contributed by atoms with van der Waals surface area (Å²) in [6.07, 6.45) is 0. The second kappa shape index (κ2) is 6.44. The molecule has 0 aliphatic heterocycles. The molecular formula is C17H22N2O. The van der Waals surface area contributed by atoms with Gasteiger partial charge in [0.2, 0.25) is 0 Å². The fourth-order valence-electron chi connectivity index (χ4n) is 2.38. The Kier molecular flexibility index (Phi) is 4.64. The molecule has 0 fully saturated rings. The van der Waals surface area contributed by atoms with Crippen molar-refractivity contribution in [2.24, 2.45) is 0 Å². The van der Waals surface area contributed by atoms with Crippen LogP contribution in [0.3, 0.4) is 0 Å². The van der Waals surface area contributed by atoms with Gasteiger partial charge < -0.3 is 10.5 Å². The number of methoxy groups -OCH3 is 1. The largest absolute Gasteiger partial charge is 0.497 e. The molecule has 106 valence electrons. The third-order valence-corrected chi connectivity index (χ3v) is 3.21. The van der Waals surface area contributed by atoms with Gasteiger partial charge in [-0.1, -0.05) is 29.8 Å². The molecule has 0 aliphatic carbocycles.